The van der Waals surface area contributed by atoms with Gasteiger partial charge in [-0.25, -0.2) is 4.79 Å². The average molecular weight is 388 g/mol. The number of rotatable bonds is 8. The van der Waals surface area contributed by atoms with Crippen molar-refractivity contribution in [2.45, 2.75) is 12.5 Å². The highest BCUT2D eigenvalue weighted by Crippen LogP contribution is 2.27. The van der Waals surface area contributed by atoms with E-state index in [0.29, 0.717) is 17.7 Å². The Morgan fingerprint density at radius 1 is 1.22 bits per heavy atom. The molecule has 0 saturated carbocycles. The van der Waals surface area contributed by atoms with E-state index < -0.39 is 22.8 Å². The van der Waals surface area contributed by atoms with E-state index in [9.17, 15) is 19.7 Å². The number of hydrogen-bond acceptors (Lipinski definition) is 6. The molecule has 2 aromatic rings. The van der Waals surface area contributed by atoms with Crippen molar-refractivity contribution in [1.29, 1.82) is 0 Å². The Bertz CT molecular complexity index is 826. The number of non-ortho nitro benzene ring substituents is 1. The van der Waals surface area contributed by atoms with Crippen LogP contribution >= 0.6 is 11.8 Å². The zero-order chi connectivity index (χ0) is 19.8. The van der Waals surface area contributed by atoms with Gasteiger partial charge in [-0.3, -0.25) is 14.9 Å². The SMILES string of the molecule is COC(=O)C(CCSC)NC(=O)c1cc([N+](=O)[O-])ccc1-c1ccccc1. The topological polar surface area (TPSA) is 98.5 Å². The summed E-state index contributed by atoms with van der Waals surface area (Å²) in [5, 5.41) is 13.8. The first-order valence-electron chi connectivity index (χ1n) is 8.19. The van der Waals surface area contributed by atoms with Crippen LogP contribution < -0.4 is 5.32 Å². The Labute approximate surface area is 161 Å². The monoisotopic (exact) mass is 388 g/mol. The lowest BCUT2D eigenvalue weighted by Gasteiger charge is -2.17. The Morgan fingerprint density at radius 3 is 2.52 bits per heavy atom. The van der Waals surface area contributed by atoms with Crippen LogP contribution in [-0.4, -0.2) is 42.0 Å². The highest BCUT2D eigenvalue weighted by atomic mass is 32.2. The molecule has 0 aromatic heterocycles. The minimum Gasteiger partial charge on any atom is -0.467 e. The summed E-state index contributed by atoms with van der Waals surface area (Å²) in [6.45, 7) is 0. The molecule has 2 aromatic carbocycles. The predicted molar refractivity (Wildman–Crippen MR) is 105 cm³/mol. The number of ether oxygens (including phenoxy) is 1. The van der Waals surface area contributed by atoms with Gasteiger partial charge in [-0.05, 0) is 35.6 Å². The summed E-state index contributed by atoms with van der Waals surface area (Å²) < 4.78 is 4.75. The molecule has 0 saturated heterocycles. The number of benzene rings is 2. The van der Waals surface area contributed by atoms with Crippen LogP contribution in [0.3, 0.4) is 0 Å². The largest absolute Gasteiger partial charge is 0.467 e. The number of carbonyl (C=O) groups is 2. The van der Waals surface area contributed by atoms with Crippen molar-refractivity contribution in [2.75, 3.05) is 19.1 Å². The molecule has 2 rings (SSSR count). The maximum Gasteiger partial charge on any atom is 0.328 e. The van der Waals surface area contributed by atoms with E-state index in [2.05, 4.69) is 5.32 Å². The molecule has 1 amide bonds. The van der Waals surface area contributed by atoms with Gasteiger partial charge in [0.05, 0.1) is 17.6 Å². The summed E-state index contributed by atoms with van der Waals surface area (Å²) in [7, 11) is 1.25. The molecule has 0 aliphatic rings. The van der Waals surface area contributed by atoms with E-state index >= 15 is 0 Å². The van der Waals surface area contributed by atoms with E-state index in [-0.39, 0.29) is 11.3 Å². The summed E-state index contributed by atoms with van der Waals surface area (Å²) in [5.74, 6) is -0.460. The van der Waals surface area contributed by atoms with E-state index in [1.165, 1.54) is 37.1 Å². The number of methoxy groups -OCH3 is 1. The van der Waals surface area contributed by atoms with Gasteiger partial charge in [0.15, 0.2) is 0 Å². The third-order valence-corrected chi connectivity index (χ3v) is 4.59. The van der Waals surface area contributed by atoms with Crippen LogP contribution in [0.2, 0.25) is 0 Å². The van der Waals surface area contributed by atoms with E-state index in [0.717, 1.165) is 5.56 Å². The lowest BCUT2D eigenvalue weighted by molar-refractivity contribution is -0.384. The number of nitrogens with zero attached hydrogens (tertiary/aromatic N) is 1. The number of esters is 1. The second-order valence-corrected chi connectivity index (χ2v) is 6.67. The van der Waals surface area contributed by atoms with Crippen molar-refractivity contribution in [3.05, 3.63) is 64.2 Å². The molecule has 1 unspecified atom stereocenters. The van der Waals surface area contributed by atoms with Crippen LogP contribution in [0.1, 0.15) is 16.8 Å². The van der Waals surface area contributed by atoms with Crippen molar-refractivity contribution < 1.29 is 19.2 Å². The standard InChI is InChI=1S/C19H20N2O5S/c1-26-19(23)17(10-11-27-2)20-18(22)16-12-14(21(24)25)8-9-15(16)13-6-4-3-5-7-13/h3-9,12,17H,10-11H2,1-2H3,(H,20,22). The summed E-state index contributed by atoms with van der Waals surface area (Å²) >= 11 is 1.54. The van der Waals surface area contributed by atoms with Crippen molar-refractivity contribution in [3.8, 4) is 11.1 Å². The van der Waals surface area contributed by atoms with Crippen LogP contribution in [0.15, 0.2) is 48.5 Å². The molecule has 142 valence electrons. The first kappa shape index (κ1) is 20.4. The van der Waals surface area contributed by atoms with Gasteiger partial charge in [-0.1, -0.05) is 30.3 Å². The Morgan fingerprint density at radius 2 is 1.93 bits per heavy atom. The fourth-order valence-corrected chi connectivity index (χ4v) is 3.04. The molecule has 0 fully saturated rings. The zero-order valence-corrected chi connectivity index (χ0v) is 15.8. The Balaban J connectivity index is 2.41. The Kier molecular flexibility index (Phi) is 7.36. The van der Waals surface area contributed by atoms with Crippen LogP contribution in [0.5, 0.6) is 0 Å². The van der Waals surface area contributed by atoms with Crippen LogP contribution in [0, 0.1) is 10.1 Å². The smallest absolute Gasteiger partial charge is 0.328 e. The highest BCUT2D eigenvalue weighted by Gasteiger charge is 2.24. The molecule has 0 aliphatic carbocycles. The lowest BCUT2D eigenvalue weighted by Crippen LogP contribution is -2.42. The quantitative estimate of drug-likeness (QED) is 0.423. The average Bonchev–Trinajstić information content (AvgIpc) is 2.70. The minimum absolute atomic E-state index is 0.133. The molecule has 0 bridgehead atoms. The second-order valence-electron chi connectivity index (χ2n) is 5.68. The van der Waals surface area contributed by atoms with Crippen molar-refractivity contribution >= 4 is 29.3 Å². The van der Waals surface area contributed by atoms with Gasteiger partial charge < -0.3 is 10.1 Å². The predicted octanol–water partition coefficient (Wildman–Crippen LogP) is 3.29. The van der Waals surface area contributed by atoms with E-state index in [1.807, 2.05) is 36.6 Å². The molecule has 8 heteroatoms. The molecule has 0 radical (unpaired) electrons. The van der Waals surface area contributed by atoms with Crippen molar-refractivity contribution in [2.24, 2.45) is 0 Å². The first-order chi connectivity index (χ1) is 13.0. The number of nitro groups is 1. The molecular weight excluding hydrogens is 368 g/mol. The molecule has 0 heterocycles. The number of nitrogens with one attached hydrogen (secondary N) is 1. The number of nitro benzene ring substituents is 1. The molecular formula is C19H20N2O5S. The van der Waals surface area contributed by atoms with Gasteiger partial charge in [0.2, 0.25) is 0 Å². The molecule has 1 atom stereocenters. The summed E-state index contributed by atoms with van der Waals surface area (Å²) in [6, 6.07) is 12.4. The normalized spacial score (nSPS) is 11.5. The molecule has 1 N–H and O–H groups in total. The number of thioether (sulfide) groups is 1. The van der Waals surface area contributed by atoms with Gasteiger partial charge >= 0.3 is 5.97 Å². The van der Waals surface area contributed by atoms with Gasteiger partial charge in [-0.2, -0.15) is 11.8 Å². The second kappa shape index (κ2) is 9.72. The molecule has 27 heavy (non-hydrogen) atoms. The van der Waals surface area contributed by atoms with Gasteiger partial charge in [0.1, 0.15) is 6.04 Å². The Hall–Kier alpha value is -2.87. The number of carbonyl (C=O) groups excluding carboxylic acids is 2. The fourth-order valence-electron chi connectivity index (χ4n) is 2.57. The van der Waals surface area contributed by atoms with Crippen molar-refractivity contribution in [1.82, 2.24) is 5.32 Å². The summed E-state index contributed by atoms with van der Waals surface area (Å²) in [4.78, 5) is 35.4. The van der Waals surface area contributed by atoms with Gasteiger partial charge in [0.25, 0.3) is 11.6 Å². The summed E-state index contributed by atoms with van der Waals surface area (Å²) in [5.41, 5.74) is 1.23. The van der Waals surface area contributed by atoms with Crippen LogP contribution in [0.4, 0.5) is 5.69 Å². The summed E-state index contributed by atoms with van der Waals surface area (Å²) in [6.07, 6.45) is 2.29. The molecule has 7 nitrogen and oxygen atoms in total. The number of hydrogen-bond donors (Lipinski definition) is 1. The molecule has 0 aliphatic heterocycles. The van der Waals surface area contributed by atoms with E-state index in [1.54, 1.807) is 0 Å². The third-order valence-electron chi connectivity index (χ3n) is 3.95. The van der Waals surface area contributed by atoms with Crippen LogP contribution in [-0.2, 0) is 9.53 Å². The minimum atomic E-state index is -0.821. The van der Waals surface area contributed by atoms with Crippen molar-refractivity contribution in [3.63, 3.8) is 0 Å². The maximum absolute atomic E-state index is 12.9. The van der Waals surface area contributed by atoms with E-state index in [4.69, 9.17) is 4.74 Å². The zero-order valence-electron chi connectivity index (χ0n) is 15.0. The highest BCUT2D eigenvalue weighted by molar-refractivity contribution is 7.98. The maximum atomic E-state index is 12.9. The lowest BCUT2D eigenvalue weighted by atomic mass is 9.98. The van der Waals surface area contributed by atoms with Crippen LogP contribution in [0.25, 0.3) is 11.1 Å². The first-order valence-corrected chi connectivity index (χ1v) is 9.58. The number of amides is 1. The third kappa shape index (κ3) is 5.30. The van der Waals surface area contributed by atoms with Gasteiger partial charge in [0, 0.05) is 12.1 Å². The fraction of sp³-hybridized carbons (Fsp3) is 0.263. The van der Waals surface area contributed by atoms with Gasteiger partial charge in [-0.15, -0.1) is 0 Å². The molecule has 0 spiro atoms.